The van der Waals surface area contributed by atoms with Crippen molar-refractivity contribution in [3.8, 4) is 5.75 Å². The molecule has 86 valence electrons. The van der Waals surface area contributed by atoms with Gasteiger partial charge in [-0.1, -0.05) is 0 Å². The number of pyridine rings is 1. The SMILES string of the molecule is CN1CCC[C@H]1C(=N)n1cc(O)ccc1=N. The monoisotopic (exact) mass is 220 g/mol. The lowest BCUT2D eigenvalue weighted by molar-refractivity contribution is 0.366. The van der Waals surface area contributed by atoms with Crippen LogP contribution in [0.2, 0.25) is 0 Å². The number of aromatic hydroxyl groups is 1. The van der Waals surface area contributed by atoms with E-state index in [9.17, 15) is 5.11 Å². The van der Waals surface area contributed by atoms with E-state index in [1.807, 2.05) is 7.05 Å². The minimum atomic E-state index is 0.0518. The second kappa shape index (κ2) is 4.09. The predicted molar refractivity (Wildman–Crippen MR) is 60.7 cm³/mol. The number of nitrogens with one attached hydrogen (secondary N) is 2. The van der Waals surface area contributed by atoms with Crippen molar-refractivity contribution in [1.29, 1.82) is 10.8 Å². The second-order valence-electron chi connectivity index (χ2n) is 4.17. The van der Waals surface area contributed by atoms with Crippen LogP contribution >= 0.6 is 0 Å². The summed E-state index contributed by atoms with van der Waals surface area (Å²) in [5.41, 5.74) is 0.225. The van der Waals surface area contributed by atoms with Crippen LogP contribution in [0, 0.1) is 10.8 Å². The van der Waals surface area contributed by atoms with E-state index in [-0.39, 0.29) is 17.3 Å². The van der Waals surface area contributed by atoms with Gasteiger partial charge in [-0.2, -0.15) is 0 Å². The number of nitrogens with zero attached hydrogens (tertiary/aromatic N) is 2. The lowest BCUT2D eigenvalue weighted by atomic mass is 10.2. The van der Waals surface area contributed by atoms with Gasteiger partial charge in [0.25, 0.3) is 0 Å². The van der Waals surface area contributed by atoms with E-state index < -0.39 is 0 Å². The molecule has 16 heavy (non-hydrogen) atoms. The standard InChI is InChI=1S/C11H16N4O/c1-14-6-2-3-9(14)11(13)15-7-8(16)4-5-10(15)12/h4-5,7,9,12-13,16H,2-3,6H2,1H3/t9-/m0/s1. The average Bonchev–Trinajstić information content (AvgIpc) is 2.67. The molecule has 1 aromatic heterocycles. The average molecular weight is 220 g/mol. The lowest BCUT2D eigenvalue weighted by Crippen LogP contribution is -2.40. The first kappa shape index (κ1) is 10.9. The lowest BCUT2D eigenvalue weighted by Gasteiger charge is -2.21. The molecule has 1 saturated heterocycles. The van der Waals surface area contributed by atoms with Crippen molar-refractivity contribution in [2.75, 3.05) is 13.6 Å². The molecule has 3 N–H and O–H groups in total. The predicted octanol–water partition coefficient (Wildman–Crippen LogP) is 0.593. The van der Waals surface area contributed by atoms with E-state index in [0.29, 0.717) is 5.84 Å². The van der Waals surface area contributed by atoms with Crippen molar-refractivity contribution in [1.82, 2.24) is 9.47 Å². The highest BCUT2D eigenvalue weighted by Crippen LogP contribution is 2.16. The minimum absolute atomic E-state index is 0.0518. The molecular weight excluding hydrogens is 204 g/mol. The number of likely N-dealkylation sites (N-methyl/N-ethyl adjacent to an activating group) is 1. The third kappa shape index (κ3) is 1.86. The fourth-order valence-electron chi connectivity index (χ4n) is 2.11. The molecular formula is C11H16N4O. The highest BCUT2D eigenvalue weighted by molar-refractivity contribution is 5.86. The molecule has 1 aromatic rings. The maximum absolute atomic E-state index is 9.38. The van der Waals surface area contributed by atoms with Gasteiger partial charge in [0.05, 0.1) is 12.2 Å². The van der Waals surface area contributed by atoms with Crippen LogP contribution in [0.5, 0.6) is 5.75 Å². The summed E-state index contributed by atoms with van der Waals surface area (Å²) in [6.07, 6.45) is 3.45. The molecule has 0 aliphatic carbocycles. The van der Waals surface area contributed by atoms with Crippen molar-refractivity contribution in [3.63, 3.8) is 0 Å². The van der Waals surface area contributed by atoms with E-state index in [1.54, 1.807) is 0 Å². The Morgan fingerprint density at radius 3 is 2.88 bits per heavy atom. The number of rotatable bonds is 1. The molecule has 5 nitrogen and oxygen atoms in total. The van der Waals surface area contributed by atoms with E-state index >= 15 is 0 Å². The molecule has 1 fully saturated rings. The highest BCUT2D eigenvalue weighted by atomic mass is 16.3. The molecule has 0 radical (unpaired) electrons. The smallest absolute Gasteiger partial charge is 0.132 e. The van der Waals surface area contributed by atoms with Crippen molar-refractivity contribution >= 4 is 5.84 Å². The third-order valence-corrected chi connectivity index (χ3v) is 3.03. The van der Waals surface area contributed by atoms with Crippen LogP contribution in [0.15, 0.2) is 18.3 Å². The van der Waals surface area contributed by atoms with Crippen LogP contribution in [-0.2, 0) is 0 Å². The summed E-state index contributed by atoms with van der Waals surface area (Å²) < 4.78 is 1.43. The number of aromatic nitrogens is 1. The Morgan fingerprint density at radius 1 is 1.50 bits per heavy atom. The number of hydrogen-bond acceptors (Lipinski definition) is 4. The number of hydrogen-bond donors (Lipinski definition) is 3. The fourth-order valence-corrected chi connectivity index (χ4v) is 2.11. The molecule has 1 aliphatic rings. The summed E-state index contributed by atoms with van der Waals surface area (Å²) in [6.45, 7) is 0.986. The normalized spacial score (nSPS) is 21.2. The molecule has 1 aliphatic heterocycles. The van der Waals surface area contributed by atoms with Gasteiger partial charge < -0.3 is 5.11 Å². The van der Waals surface area contributed by atoms with Crippen molar-refractivity contribution in [2.24, 2.45) is 0 Å². The minimum Gasteiger partial charge on any atom is -0.506 e. The van der Waals surface area contributed by atoms with Gasteiger partial charge in [0, 0.05) is 0 Å². The molecule has 0 amide bonds. The van der Waals surface area contributed by atoms with E-state index in [4.69, 9.17) is 10.8 Å². The van der Waals surface area contributed by atoms with Gasteiger partial charge in [-0.15, -0.1) is 0 Å². The maximum atomic E-state index is 9.38. The van der Waals surface area contributed by atoms with Crippen molar-refractivity contribution < 1.29 is 5.11 Å². The summed E-state index contributed by atoms with van der Waals surface area (Å²) in [5.74, 6) is 0.447. The molecule has 0 spiro atoms. The quantitative estimate of drug-likeness (QED) is 0.478. The Morgan fingerprint density at radius 2 is 2.25 bits per heavy atom. The van der Waals surface area contributed by atoms with E-state index in [1.165, 1.54) is 22.9 Å². The highest BCUT2D eigenvalue weighted by Gasteiger charge is 2.26. The zero-order valence-electron chi connectivity index (χ0n) is 9.27. The Kier molecular flexibility index (Phi) is 2.78. The molecule has 0 aromatic carbocycles. The summed E-state index contributed by atoms with van der Waals surface area (Å²) in [4.78, 5) is 2.11. The maximum Gasteiger partial charge on any atom is 0.132 e. The first-order chi connectivity index (χ1) is 7.59. The van der Waals surface area contributed by atoms with Gasteiger partial charge in [0.15, 0.2) is 0 Å². The van der Waals surface area contributed by atoms with Crippen LogP contribution in [0.3, 0.4) is 0 Å². The van der Waals surface area contributed by atoms with Crippen LogP contribution in [-0.4, -0.2) is 40.0 Å². The van der Waals surface area contributed by atoms with Gasteiger partial charge in [0.1, 0.15) is 17.1 Å². The van der Waals surface area contributed by atoms with E-state index in [2.05, 4.69) is 4.90 Å². The Balaban J connectivity index is 2.33. The van der Waals surface area contributed by atoms with Crippen LogP contribution in [0.1, 0.15) is 12.8 Å². The molecule has 0 saturated carbocycles. The van der Waals surface area contributed by atoms with Crippen LogP contribution in [0.25, 0.3) is 0 Å². The molecule has 5 heteroatoms. The van der Waals surface area contributed by atoms with Gasteiger partial charge in [0.2, 0.25) is 0 Å². The van der Waals surface area contributed by atoms with Crippen LogP contribution in [0.4, 0.5) is 0 Å². The molecule has 0 bridgehead atoms. The van der Waals surface area contributed by atoms with Crippen molar-refractivity contribution in [3.05, 3.63) is 23.8 Å². The van der Waals surface area contributed by atoms with Gasteiger partial charge in [-0.05, 0) is 38.6 Å². The fraction of sp³-hybridized carbons (Fsp3) is 0.455. The summed E-state index contributed by atoms with van der Waals surface area (Å²) in [5, 5.41) is 25.2. The van der Waals surface area contributed by atoms with Crippen molar-refractivity contribution in [2.45, 2.75) is 18.9 Å². The largest absolute Gasteiger partial charge is 0.506 e. The number of likely N-dealkylation sites (tertiary alicyclic amines) is 1. The second-order valence-corrected chi connectivity index (χ2v) is 4.17. The summed E-state index contributed by atoms with van der Waals surface area (Å²) in [7, 11) is 1.99. The molecule has 2 heterocycles. The van der Waals surface area contributed by atoms with Gasteiger partial charge >= 0.3 is 0 Å². The summed E-state index contributed by atoms with van der Waals surface area (Å²) >= 11 is 0. The Hall–Kier alpha value is -1.62. The first-order valence-electron chi connectivity index (χ1n) is 5.35. The van der Waals surface area contributed by atoms with E-state index in [0.717, 1.165) is 19.4 Å². The van der Waals surface area contributed by atoms with Crippen LogP contribution < -0.4 is 5.49 Å². The Labute approximate surface area is 94.0 Å². The molecule has 0 unspecified atom stereocenters. The third-order valence-electron chi connectivity index (χ3n) is 3.03. The van der Waals surface area contributed by atoms with Gasteiger partial charge in [-0.25, -0.2) is 0 Å². The zero-order valence-corrected chi connectivity index (χ0v) is 9.27. The summed E-state index contributed by atoms with van der Waals surface area (Å²) in [6, 6.07) is 3.01. The van der Waals surface area contributed by atoms with Gasteiger partial charge in [-0.3, -0.25) is 20.3 Å². The zero-order chi connectivity index (χ0) is 11.7. The first-order valence-corrected chi connectivity index (χ1v) is 5.35. The Bertz CT molecular complexity index is 465. The molecule has 1 atom stereocenters. The molecule has 2 rings (SSSR count). The topological polar surface area (TPSA) is 76.1 Å².